The highest BCUT2D eigenvalue weighted by atomic mass is 35.5. The molecule has 0 bridgehead atoms. The van der Waals surface area contributed by atoms with Crippen molar-refractivity contribution < 1.29 is 34.0 Å². The van der Waals surface area contributed by atoms with Gasteiger partial charge in [0.15, 0.2) is 6.23 Å². The fraction of sp³-hybridized carbons (Fsp3) is 0.381. The van der Waals surface area contributed by atoms with Gasteiger partial charge in [-0.25, -0.2) is 4.98 Å². The Balaban J connectivity index is 1.57. The summed E-state index contributed by atoms with van der Waals surface area (Å²) in [6, 6.07) is 13.4. The number of hydrogen-bond donors (Lipinski definition) is 5. The average Bonchev–Trinajstić information content (AvgIpc) is 3.29. The molecular formula is C21H25ClN3O7P. The monoisotopic (exact) mass is 497 g/mol. The second kappa shape index (κ2) is 9.69. The minimum absolute atomic E-state index is 0.0121. The molecule has 33 heavy (non-hydrogen) atoms. The standard InChI is InChI=1S/C21H25ClN3O7P/c1-12(13-5-3-2-4-6-13)23-15-9-17(22)24-20-14(15)7-8-25(20)21-19(27)18(26)16(32-21)10-31-11-33(28,29)30/h2-9,12,16,18-19,21,26-27H,10-11H2,1H3,(H,23,24)(H2,28,29,30)/t12-,16?,18-,19-,21-/m1/s1. The number of fused-ring (bicyclic) bond motifs is 1. The van der Waals surface area contributed by atoms with Gasteiger partial charge in [-0.3, -0.25) is 4.57 Å². The van der Waals surface area contributed by atoms with E-state index in [-0.39, 0.29) is 17.8 Å². The summed E-state index contributed by atoms with van der Waals surface area (Å²) in [5, 5.41) is 25.3. The lowest BCUT2D eigenvalue weighted by Gasteiger charge is -2.19. The number of hydrogen-bond acceptors (Lipinski definition) is 7. The van der Waals surface area contributed by atoms with E-state index in [0.717, 1.165) is 16.6 Å². The molecule has 3 heterocycles. The van der Waals surface area contributed by atoms with Gasteiger partial charge in [0.1, 0.15) is 35.5 Å². The van der Waals surface area contributed by atoms with Crippen molar-refractivity contribution in [2.75, 3.05) is 18.3 Å². The molecule has 3 aromatic rings. The first-order chi connectivity index (χ1) is 15.6. The second-order valence-electron chi connectivity index (χ2n) is 7.94. The molecule has 178 valence electrons. The molecule has 2 aromatic heterocycles. The Morgan fingerprint density at radius 3 is 2.67 bits per heavy atom. The van der Waals surface area contributed by atoms with Crippen LogP contribution < -0.4 is 5.32 Å². The van der Waals surface area contributed by atoms with Crippen molar-refractivity contribution in [3.63, 3.8) is 0 Å². The third-order valence-electron chi connectivity index (χ3n) is 5.48. The van der Waals surface area contributed by atoms with Crippen LogP contribution in [0.5, 0.6) is 0 Å². The van der Waals surface area contributed by atoms with Gasteiger partial charge in [0, 0.05) is 23.3 Å². The fourth-order valence-corrected chi connectivity index (χ4v) is 4.40. The molecular weight excluding hydrogens is 473 g/mol. The minimum atomic E-state index is -4.36. The SMILES string of the molecule is C[C@@H](Nc1cc(Cl)nc2c1ccn2[C@@H]1OC(COCP(=O)(O)O)[C@@H](O)[C@H]1O)c1ccccc1. The average molecular weight is 498 g/mol. The largest absolute Gasteiger partial charge is 0.387 e. The zero-order valence-corrected chi connectivity index (χ0v) is 19.3. The molecule has 0 radical (unpaired) electrons. The molecule has 0 aliphatic carbocycles. The van der Waals surface area contributed by atoms with Crippen molar-refractivity contribution in [3.05, 3.63) is 59.4 Å². The van der Waals surface area contributed by atoms with Crippen molar-refractivity contribution in [2.45, 2.75) is 37.5 Å². The Kier molecular flexibility index (Phi) is 7.09. The highest BCUT2D eigenvalue weighted by Crippen LogP contribution is 2.37. The Labute approximate surface area is 194 Å². The first kappa shape index (κ1) is 24.1. The predicted molar refractivity (Wildman–Crippen MR) is 122 cm³/mol. The van der Waals surface area contributed by atoms with Gasteiger partial charge in [-0.1, -0.05) is 41.9 Å². The number of anilines is 1. The third kappa shape index (κ3) is 5.40. The van der Waals surface area contributed by atoms with Crippen molar-refractivity contribution in [3.8, 4) is 0 Å². The van der Waals surface area contributed by atoms with Crippen molar-refractivity contribution in [1.82, 2.24) is 9.55 Å². The van der Waals surface area contributed by atoms with Crippen LogP contribution in [-0.4, -0.2) is 60.8 Å². The third-order valence-corrected chi connectivity index (χ3v) is 6.19. The molecule has 10 nitrogen and oxygen atoms in total. The number of nitrogens with one attached hydrogen (secondary N) is 1. The van der Waals surface area contributed by atoms with Crippen LogP contribution in [0.1, 0.15) is 24.8 Å². The summed E-state index contributed by atoms with van der Waals surface area (Å²) in [5.74, 6) is 0. The summed E-state index contributed by atoms with van der Waals surface area (Å²) in [7, 11) is -4.36. The van der Waals surface area contributed by atoms with E-state index in [0.29, 0.717) is 5.65 Å². The molecule has 0 saturated carbocycles. The molecule has 1 aromatic carbocycles. The summed E-state index contributed by atoms with van der Waals surface area (Å²) >= 11 is 6.28. The molecule has 0 amide bonds. The van der Waals surface area contributed by atoms with Gasteiger partial charge in [-0.15, -0.1) is 0 Å². The van der Waals surface area contributed by atoms with Crippen molar-refractivity contribution >= 4 is 35.9 Å². The maximum absolute atomic E-state index is 11.0. The van der Waals surface area contributed by atoms with E-state index in [2.05, 4.69) is 10.3 Å². The number of aliphatic hydroxyl groups excluding tert-OH is 2. The van der Waals surface area contributed by atoms with Crippen LogP contribution in [-0.2, 0) is 14.0 Å². The van der Waals surface area contributed by atoms with E-state index in [1.165, 1.54) is 0 Å². The molecule has 1 unspecified atom stereocenters. The quantitative estimate of drug-likeness (QED) is 0.234. The summed E-state index contributed by atoms with van der Waals surface area (Å²) < 4.78 is 23.3. The molecule has 1 saturated heterocycles. The van der Waals surface area contributed by atoms with Crippen LogP contribution in [0.25, 0.3) is 11.0 Å². The summed E-state index contributed by atoms with van der Waals surface area (Å²) in [6.45, 7) is 1.73. The molecule has 5 atom stereocenters. The highest BCUT2D eigenvalue weighted by Gasteiger charge is 2.44. The van der Waals surface area contributed by atoms with Crippen molar-refractivity contribution in [2.24, 2.45) is 0 Å². The van der Waals surface area contributed by atoms with E-state index >= 15 is 0 Å². The lowest BCUT2D eigenvalue weighted by Crippen LogP contribution is -2.33. The van der Waals surface area contributed by atoms with Gasteiger partial charge in [0.2, 0.25) is 0 Å². The van der Waals surface area contributed by atoms with Gasteiger partial charge in [-0.05, 0) is 24.6 Å². The Hall–Kier alpha value is -2.01. The number of aliphatic hydroxyl groups is 2. The first-order valence-corrected chi connectivity index (χ1v) is 12.4. The number of nitrogens with zero attached hydrogens (tertiary/aromatic N) is 2. The van der Waals surface area contributed by atoms with Gasteiger partial charge >= 0.3 is 7.60 Å². The molecule has 1 aliphatic heterocycles. The van der Waals surface area contributed by atoms with Gasteiger partial charge in [0.05, 0.1) is 6.61 Å². The van der Waals surface area contributed by atoms with Crippen LogP contribution in [0.3, 0.4) is 0 Å². The number of ether oxygens (including phenoxy) is 2. The van der Waals surface area contributed by atoms with Crippen LogP contribution in [0.15, 0.2) is 48.7 Å². The fourth-order valence-electron chi connectivity index (χ4n) is 3.87. The number of benzene rings is 1. The predicted octanol–water partition coefficient (Wildman–Crippen LogP) is 2.63. The number of rotatable bonds is 8. The van der Waals surface area contributed by atoms with Crippen LogP contribution in [0.4, 0.5) is 5.69 Å². The zero-order valence-electron chi connectivity index (χ0n) is 17.7. The van der Waals surface area contributed by atoms with Gasteiger partial charge < -0.3 is 39.4 Å². The molecule has 4 rings (SSSR count). The number of pyridine rings is 1. The lowest BCUT2D eigenvalue weighted by atomic mass is 10.1. The topological polar surface area (TPSA) is 146 Å². The molecule has 12 heteroatoms. The van der Waals surface area contributed by atoms with E-state index in [9.17, 15) is 14.8 Å². The first-order valence-electron chi connectivity index (χ1n) is 10.3. The van der Waals surface area contributed by atoms with E-state index in [4.69, 9.17) is 30.9 Å². The van der Waals surface area contributed by atoms with Gasteiger partial charge in [-0.2, -0.15) is 0 Å². The maximum atomic E-state index is 11.0. The zero-order chi connectivity index (χ0) is 23.8. The number of halogens is 1. The maximum Gasteiger partial charge on any atom is 0.350 e. The Morgan fingerprint density at radius 1 is 1.24 bits per heavy atom. The van der Waals surface area contributed by atoms with Crippen LogP contribution in [0.2, 0.25) is 5.15 Å². The molecule has 0 spiro atoms. The van der Waals surface area contributed by atoms with Gasteiger partial charge in [0.25, 0.3) is 0 Å². The van der Waals surface area contributed by atoms with Crippen LogP contribution >= 0.6 is 19.2 Å². The summed E-state index contributed by atoms with van der Waals surface area (Å²) in [5.41, 5.74) is 2.28. The van der Waals surface area contributed by atoms with E-state index in [1.54, 1.807) is 22.9 Å². The molecule has 5 N–H and O–H groups in total. The minimum Gasteiger partial charge on any atom is -0.387 e. The van der Waals surface area contributed by atoms with E-state index in [1.807, 2.05) is 37.3 Å². The summed E-state index contributed by atoms with van der Waals surface area (Å²) in [4.78, 5) is 22.2. The molecule has 1 aliphatic rings. The molecule has 1 fully saturated rings. The highest BCUT2D eigenvalue weighted by molar-refractivity contribution is 7.51. The summed E-state index contributed by atoms with van der Waals surface area (Å²) in [6.07, 6.45) is -3.75. The lowest BCUT2D eigenvalue weighted by molar-refractivity contribution is -0.0610. The normalized spacial score (nSPS) is 24.3. The Bertz CT molecular complexity index is 1160. The smallest absolute Gasteiger partial charge is 0.350 e. The van der Waals surface area contributed by atoms with Crippen LogP contribution in [0, 0.1) is 0 Å². The number of aromatic nitrogens is 2. The second-order valence-corrected chi connectivity index (χ2v) is 9.92. The van der Waals surface area contributed by atoms with Crippen molar-refractivity contribution in [1.29, 1.82) is 0 Å². The van der Waals surface area contributed by atoms with E-state index < -0.39 is 38.5 Å². The Morgan fingerprint density at radius 2 is 1.97 bits per heavy atom.